The second-order valence-corrected chi connectivity index (χ2v) is 15.4. The minimum absolute atomic E-state index is 0.0595. The van der Waals surface area contributed by atoms with Crippen molar-refractivity contribution in [1.82, 2.24) is 5.32 Å². The maximum Gasteiger partial charge on any atom is 0.313 e. The zero-order valence-electron chi connectivity index (χ0n) is 29.3. The molecule has 0 bridgehead atoms. The number of carbonyl (C=O) groups excluding carboxylic acids is 5. The highest BCUT2D eigenvalue weighted by Crippen LogP contribution is 2.33. The number of ether oxygens (including phenoxy) is 6. The lowest BCUT2D eigenvalue weighted by Crippen LogP contribution is -2.67. The van der Waals surface area contributed by atoms with E-state index in [4.69, 9.17) is 33.5 Å². The number of carboxylic acid groups (broad SMARTS) is 1. The molecule has 14 heteroatoms. The molecule has 0 aromatic carbocycles. The Bertz CT molecular complexity index is 1110. The van der Waals surface area contributed by atoms with Gasteiger partial charge in [-0.05, 0) is 83.1 Å². The van der Waals surface area contributed by atoms with E-state index in [0.29, 0.717) is 0 Å². The van der Waals surface area contributed by atoms with Crippen LogP contribution in [0.15, 0.2) is 0 Å². The Morgan fingerprint density at radius 1 is 0.652 bits per heavy atom. The second-order valence-electron chi connectivity index (χ2n) is 15.4. The monoisotopic (exact) mass is 659 g/mol. The lowest BCUT2D eigenvalue weighted by atomic mass is 9.91. The van der Waals surface area contributed by atoms with Gasteiger partial charge < -0.3 is 38.8 Å². The molecular weight excluding hydrogens is 606 g/mol. The molecule has 2 N–H and O–H groups in total. The smallest absolute Gasteiger partial charge is 0.313 e. The average Bonchev–Trinajstić information content (AvgIpc) is 2.87. The summed E-state index contributed by atoms with van der Waals surface area (Å²) in [5, 5.41) is 11.5. The number of amides is 1. The zero-order chi connectivity index (χ0) is 35.8. The van der Waals surface area contributed by atoms with Crippen LogP contribution in [-0.4, -0.2) is 91.3 Å². The van der Waals surface area contributed by atoms with Gasteiger partial charge in [0, 0.05) is 6.42 Å². The van der Waals surface area contributed by atoms with Gasteiger partial charge in [0.05, 0.1) is 41.3 Å². The lowest BCUT2D eigenvalue weighted by Gasteiger charge is -2.46. The van der Waals surface area contributed by atoms with Gasteiger partial charge in [-0.25, -0.2) is 0 Å². The normalized spacial score (nSPS) is 22.3. The van der Waals surface area contributed by atoms with E-state index in [1.807, 2.05) is 0 Å². The summed E-state index contributed by atoms with van der Waals surface area (Å²) in [6.07, 6.45) is -5.89. The average molecular weight is 660 g/mol. The van der Waals surface area contributed by atoms with Crippen LogP contribution in [0.2, 0.25) is 0 Å². The Hall–Kier alpha value is -3.26. The number of hydrogen-bond acceptors (Lipinski definition) is 12. The van der Waals surface area contributed by atoms with Gasteiger partial charge in [-0.3, -0.25) is 28.8 Å². The molecule has 0 saturated carbocycles. The maximum absolute atomic E-state index is 13.3. The van der Waals surface area contributed by atoms with E-state index in [-0.39, 0.29) is 26.1 Å². The molecule has 1 aliphatic rings. The van der Waals surface area contributed by atoms with Crippen LogP contribution in [0.1, 0.15) is 95.9 Å². The van der Waals surface area contributed by atoms with Crippen LogP contribution < -0.4 is 5.32 Å². The van der Waals surface area contributed by atoms with Crippen molar-refractivity contribution in [2.45, 2.75) is 127 Å². The molecule has 1 saturated heterocycles. The number of carbonyl (C=O) groups is 6. The fourth-order valence-electron chi connectivity index (χ4n) is 3.59. The van der Waals surface area contributed by atoms with Crippen LogP contribution in [0, 0.1) is 21.7 Å². The second kappa shape index (κ2) is 16.0. The van der Waals surface area contributed by atoms with Crippen molar-refractivity contribution in [3.05, 3.63) is 0 Å². The topological polar surface area (TPSA) is 190 Å². The van der Waals surface area contributed by atoms with Crippen LogP contribution >= 0.6 is 0 Å². The Balaban J connectivity index is 3.66. The highest BCUT2D eigenvalue weighted by atomic mass is 16.7. The first-order chi connectivity index (χ1) is 20.7. The maximum atomic E-state index is 13.3. The third-order valence-corrected chi connectivity index (χ3v) is 6.46. The molecule has 0 aromatic heterocycles. The van der Waals surface area contributed by atoms with Crippen LogP contribution in [0.4, 0.5) is 0 Å². The number of rotatable bonds is 12. The molecule has 1 aliphatic heterocycles. The summed E-state index contributed by atoms with van der Waals surface area (Å²) in [4.78, 5) is 76.0. The molecule has 264 valence electrons. The predicted molar refractivity (Wildman–Crippen MR) is 163 cm³/mol. The molecule has 1 amide bonds. The van der Waals surface area contributed by atoms with Crippen molar-refractivity contribution >= 4 is 35.8 Å². The highest BCUT2D eigenvalue weighted by Gasteiger charge is 2.54. The summed E-state index contributed by atoms with van der Waals surface area (Å²) in [5.41, 5.74) is -3.86. The van der Waals surface area contributed by atoms with Crippen LogP contribution in [0.25, 0.3) is 0 Å². The van der Waals surface area contributed by atoms with E-state index in [1.54, 1.807) is 83.1 Å². The molecule has 0 aromatic rings. The van der Waals surface area contributed by atoms with E-state index in [0.717, 1.165) is 0 Å². The molecule has 46 heavy (non-hydrogen) atoms. The van der Waals surface area contributed by atoms with Gasteiger partial charge in [-0.1, -0.05) is 0 Å². The van der Waals surface area contributed by atoms with Gasteiger partial charge in [0.1, 0.15) is 18.8 Å². The summed E-state index contributed by atoms with van der Waals surface area (Å²) < 4.78 is 34.3. The molecular formula is C32H53NO13. The molecule has 1 fully saturated rings. The number of hydrogen-bond donors (Lipinski definition) is 2. The third kappa shape index (κ3) is 13.2. The number of nitrogens with one attached hydrogen (secondary N) is 1. The molecule has 1 unspecified atom stereocenters. The lowest BCUT2D eigenvalue weighted by molar-refractivity contribution is -0.273. The number of carboxylic acids is 1. The van der Waals surface area contributed by atoms with E-state index >= 15 is 0 Å². The molecule has 14 nitrogen and oxygen atoms in total. The fourth-order valence-corrected chi connectivity index (χ4v) is 3.59. The molecule has 0 aliphatic carbocycles. The van der Waals surface area contributed by atoms with Crippen molar-refractivity contribution in [3.63, 3.8) is 0 Å². The van der Waals surface area contributed by atoms with Gasteiger partial charge in [0.15, 0.2) is 12.2 Å². The summed E-state index contributed by atoms with van der Waals surface area (Å²) in [5.74, 6) is -4.49. The van der Waals surface area contributed by atoms with Gasteiger partial charge in [-0.2, -0.15) is 0 Å². The first-order valence-electron chi connectivity index (χ1n) is 15.3. The Kier molecular flexibility index (Phi) is 14.2. The first kappa shape index (κ1) is 40.8. The van der Waals surface area contributed by atoms with E-state index in [9.17, 15) is 28.8 Å². The third-order valence-electron chi connectivity index (χ3n) is 6.46. The van der Waals surface area contributed by atoms with Gasteiger partial charge in [-0.15, -0.1) is 0 Å². The van der Waals surface area contributed by atoms with Crippen molar-refractivity contribution in [3.8, 4) is 0 Å². The van der Waals surface area contributed by atoms with Crippen molar-refractivity contribution in [2.24, 2.45) is 21.7 Å². The van der Waals surface area contributed by atoms with Crippen LogP contribution in [0.3, 0.4) is 0 Å². The predicted octanol–water partition coefficient (Wildman–Crippen LogP) is 3.17. The van der Waals surface area contributed by atoms with Gasteiger partial charge >= 0.3 is 29.8 Å². The molecule has 0 spiro atoms. The van der Waals surface area contributed by atoms with E-state index < -0.39 is 94.7 Å². The summed E-state index contributed by atoms with van der Waals surface area (Å²) >= 11 is 0. The van der Waals surface area contributed by atoms with Crippen molar-refractivity contribution < 1.29 is 62.3 Å². The van der Waals surface area contributed by atoms with Gasteiger partial charge in [0.25, 0.3) is 0 Å². The fraction of sp³-hybridized carbons (Fsp3) is 0.812. The molecule has 0 radical (unpaired) electrons. The van der Waals surface area contributed by atoms with Crippen molar-refractivity contribution in [1.29, 1.82) is 0 Å². The quantitative estimate of drug-likeness (QED) is 0.177. The minimum Gasteiger partial charge on any atom is -0.481 e. The zero-order valence-corrected chi connectivity index (χ0v) is 29.3. The summed E-state index contributed by atoms with van der Waals surface area (Å²) in [6, 6.07) is -1.40. The van der Waals surface area contributed by atoms with E-state index in [2.05, 4.69) is 5.32 Å². The Labute approximate surface area is 271 Å². The molecule has 1 heterocycles. The summed E-state index contributed by atoms with van der Waals surface area (Å²) in [7, 11) is 0. The highest BCUT2D eigenvalue weighted by molar-refractivity contribution is 5.79. The van der Waals surface area contributed by atoms with Gasteiger partial charge in [0.2, 0.25) is 12.2 Å². The van der Waals surface area contributed by atoms with Crippen molar-refractivity contribution in [2.75, 3.05) is 19.8 Å². The Morgan fingerprint density at radius 3 is 1.57 bits per heavy atom. The molecule has 1 rings (SSSR count). The van der Waals surface area contributed by atoms with Crippen LogP contribution in [0.5, 0.6) is 0 Å². The Morgan fingerprint density at radius 2 is 1.11 bits per heavy atom. The summed E-state index contributed by atoms with van der Waals surface area (Å²) in [6.45, 7) is 18.5. The standard InChI is InChI=1S/C32H53NO13/c1-29(2,3)25(37)42-16-13-18-22(44-26(38)30(4,5)6)23(45-27(39)31(7,8)9)21(24(43-18)46-28(40)32(10,11)12)33-19(34)17-41-15-14-20(35)36/h18,21-24H,13-17H2,1-12H3,(H,33,34)(H,35,36)/t18-,21-,22+,23-,24?/m0/s1. The largest absolute Gasteiger partial charge is 0.481 e. The first-order valence-corrected chi connectivity index (χ1v) is 15.3. The molecule has 5 atom stereocenters. The number of esters is 4. The van der Waals surface area contributed by atoms with E-state index in [1.165, 1.54) is 0 Å². The number of aliphatic carboxylic acids is 1. The SMILES string of the molecule is CC(C)(C)C(=O)OCC[C@@H]1OC(OC(=O)C(C)(C)C)[C@@H](NC(=O)COCCC(=O)O)[C@H](OC(=O)C(C)(C)C)[C@@H]1OC(=O)C(C)(C)C. The van der Waals surface area contributed by atoms with Crippen LogP contribution in [-0.2, 0) is 57.2 Å². The minimum atomic E-state index is -1.56.